The Kier molecular flexibility index (Phi) is 2.82. The molecule has 2 aliphatic carbocycles. The fourth-order valence-electron chi connectivity index (χ4n) is 5.40. The Morgan fingerprint density at radius 2 is 1.83 bits per heavy atom. The van der Waals surface area contributed by atoms with Crippen LogP contribution in [-0.4, -0.2) is 35.6 Å². The molecule has 0 unspecified atom stereocenters. The minimum Gasteiger partial charge on any atom is -0.396 e. The SMILES string of the molecule is CC(C)[C@@H]1CC[C@@]2(C)[C@@H](CO)[C@@H]1[C@H](CO)[C@]21CO1. The van der Waals surface area contributed by atoms with E-state index in [1.54, 1.807) is 0 Å². The van der Waals surface area contributed by atoms with Crippen molar-refractivity contribution >= 4 is 0 Å². The quantitative estimate of drug-likeness (QED) is 0.753. The molecule has 1 aliphatic heterocycles. The Balaban J connectivity index is 2.02. The molecule has 3 nitrogen and oxygen atoms in total. The molecule has 1 heterocycles. The Morgan fingerprint density at radius 1 is 1.22 bits per heavy atom. The molecule has 0 radical (unpaired) electrons. The lowest BCUT2D eigenvalue weighted by Gasteiger charge is -2.44. The predicted octanol–water partition coefficient (Wildman–Crippen LogP) is 1.67. The zero-order chi connectivity index (χ0) is 13.1. The zero-order valence-corrected chi connectivity index (χ0v) is 11.7. The van der Waals surface area contributed by atoms with Crippen molar-refractivity contribution < 1.29 is 14.9 Å². The van der Waals surface area contributed by atoms with Gasteiger partial charge < -0.3 is 14.9 Å². The second kappa shape index (κ2) is 3.94. The van der Waals surface area contributed by atoms with Crippen molar-refractivity contribution in [2.75, 3.05) is 19.8 Å². The lowest BCUT2D eigenvalue weighted by molar-refractivity contribution is -0.00458. The van der Waals surface area contributed by atoms with Gasteiger partial charge in [0, 0.05) is 24.5 Å². The summed E-state index contributed by atoms with van der Waals surface area (Å²) in [7, 11) is 0. The second-order valence-electron chi connectivity index (χ2n) is 7.20. The second-order valence-corrected chi connectivity index (χ2v) is 7.20. The number of hydrogen-bond donors (Lipinski definition) is 2. The lowest BCUT2D eigenvalue weighted by Crippen LogP contribution is -2.42. The van der Waals surface area contributed by atoms with Crippen LogP contribution in [0.2, 0.25) is 0 Å². The molecule has 3 aliphatic rings. The van der Waals surface area contributed by atoms with Crippen LogP contribution in [0.15, 0.2) is 0 Å². The molecule has 0 aromatic rings. The number of aliphatic hydroxyl groups excluding tert-OH is 2. The molecule has 2 saturated carbocycles. The summed E-state index contributed by atoms with van der Waals surface area (Å²) in [4.78, 5) is 0. The monoisotopic (exact) mass is 254 g/mol. The van der Waals surface area contributed by atoms with E-state index in [-0.39, 0.29) is 30.1 Å². The Labute approximate surface area is 110 Å². The highest BCUT2D eigenvalue weighted by atomic mass is 16.6. The maximum absolute atomic E-state index is 9.87. The average Bonchev–Trinajstić information content (AvgIpc) is 3.09. The molecule has 6 atom stereocenters. The van der Waals surface area contributed by atoms with Crippen molar-refractivity contribution in [1.82, 2.24) is 0 Å². The fraction of sp³-hybridized carbons (Fsp3) is 1.00. The van der Waals surface area contributed by atoms with Gasteiger partial charge >= 0.3 is 0 Å². The van der Waals surface area contributed by atoms with E-state index >= 15 is 0 Å². The number of fused-ring (bicyclic) bond motifs is 3. The van der Waals surface area contributed by atoms with E-state index < -0.39 is 0 Å². The molecule has 2 bridgehead atoms. The van der Waals surface area contributed by atoms with Gasteiger partial charge in [-0.25, -0.2) is 0 Å². The van der Waals surface area contributed by atoms with Gasteiger partial charge in [-0.05, 0) is 36.5 Å². The van der Waals surface area contributed by atoms with Crippen LogP contribution in [-0.2, 0) is 4.74 Å². The first kappa shape index (κ1) is 12.9. The van der Waals surface area contributed by atoms with Crippen molar-refractivity contribution in [1.29, 1.82) is 0 Å². The average molecular weight is 254 g/mol. The van der Waals surface area contributed by atoms with Crippen molar-refractivity contribution in [2.45, 2.75) is 39.2 Å². The van der Waals surface area contributed by atoms with Gasteiger partial charge in [-0.2, -0.15) is 0 Å². The lowest BCUT2D eigenvalue weighted by atomic mass is 9.61. The van der Waals surface area contributed by atoms with E-state index in [0.29, 0.717) is 23.7 Å². The standard InChI is InChI=1S/C15H26O3/c1-9(2)10-4-5-14(3)11(6-16)13(10)12(7-17)15(14)8-18-15/h9-13,16-17H,4-8H2,1-3H3/t10-,11-,12-,13+,14-,15+/m0/s1. The summed E-state index contributed by atoms with van der Waals surface area (Å²) >= 11 is 0. The first-order chi connectivity index (χ1) is 8.52. The van der Waals surface area contributed by atoms with Crippen LogP contribution < -0.4 is 0 Å². The number of epoxide rings is 1. The molecule has 3 fully saturated rings. The first-order valence-electron chi connectivity index (χ1n) is 7.37. The number of hydrogen-bond acceptors (Lipinski definition) is 3. The number of rotatable bonds is 3. The van der Waals surface area contributed by atoms with Crippen LogP contribution in [0.25, 0.3) is 0 Å². The molecule has 2 N–H and O–H groups in total. The van der Waals surface area contributed by atoms with Crippen LogP contribution >= 0.6 is 0 Å². The fourth-order valence-corrected chi connectivity index (χ4v) is 5.40. The molecule has 1 saturated heterocycles. The summed E-state index contributed by atoms with van der Waals surface area (Å²) in [6, 6.07) is 0. The van der Waals surface area contributed by atoms with Crippen LogP contribution in [0, 0.1) is 35.0 Å². The Hall–Kier alpha value is -0.120. The van der Waals surface area contributed by atoms with Gasteiger partial charge in [-0.3, -0.25) is 0 Å². The molecule has 3 rings (SSSR count). The van der Waals surface area contributed by atoms with E-state index in [2.05, 4.69) is 20.8 Å². The smallest absolute Gasteiger partial charge is 0.103 e. The normalized spacial score (nSPS) is 54.3. The molecule has 104 valence electrons. The van der Waals surface area contributed by atoms with Gasteiger partial charge in [0.25, 0.3) is 0 Å². The van der Waals surface area contributed by atoms with Crippen molar-refractivity contribution in [2.24, 2.45) is 35.0 Å². The largest absolute Gasteiger partial charge is 0.396 e. The summed E-state index contributed by atoms with van der Waals surface area (Å²) in [5, 5.41) is 19.7. The van der Waals surface area contributed by atoms with Gasteiger partial charge in [0.1, 0.15) is 5.60 Å². The topological polar surface area (TPSA) is 53.0 Å². The first-order valence-corrected chi connectivity index (χ1v) is 7.37. The van der Waals surface area contributed by atoms with Gasteiger partial charge in [0.2, 0.25) is 0 Å². The highest BCUT2D eigenvalue weighted by Gasteiger charge is 2.75. The highest BCUT2D eigenvalue weighted by Crippen LogP contribution is 2.71. The molecule has 0 aromatic heterocycles. The minimum absolute atomic E-state index is 0.0746. The maximum Gasteiger partial charge on any atom is 0.103 e. The molecule has 0 amide bonds. The summed E-state index contributed by atoms with van der Waals surface area (Å²) in [6.45, 7) is 8.06. The summed E-state index contributed by atoms with van der Waals surface area (Å²) in [5.74, 6) is 2.21. The molecular formula is C15H26O3. The maximum atomic E-state index is 9.87. The van der Waals surface area contributed by atoms with E-state index in [1.165, 1.54) is 6.42 Å². The third kappa shape index (κ3) is 1.31. The summed E-state index contributed by atoms with van der Waals surface area (Å²) in [5.41, 5.74) is -0.0470. The Morgan fingerprint density at radius 3 is 2.28 bits per heavy atom. The van der Waals surface area contributed by atoms with Crippen LogP contribution in [0.4, 0.5) is 0 Å². The van der Waals surface area contributed by atoms with Crippen molar-refractivity contribution in [3.8, 4) is 0 Å². The van der Waals surface area contributed by atoms with Crippen LogP contribution in [0.5, 0.6) is 0 Å². The van der Waals surface area contributed by atoms with Gasteiger partial charge in [0.05, 0.1) is 6.61 Å². The number of aliphatic hydroxyl groups is 2. The van der Waals surface area contributed by atoms with Gasteiger partial charge in [-0.15, -0.1) is 0 Å². The minimum atomic E-state index is -0.122. The van der Waals surface area contributed by atoms with Gasteiger partial charge in [-0.1, -0.05) is 20.8 Å². The van der Waals surface area contributed by atoms with Crippen LogP contribution in [0.1, 0.15) is 33.6 Å². The van der Waals surface area contributed by atoms with E-state index in [4.69, 9.17) is 4.74 Å². The number of ether oxygens (including phenoxy) is 1. The van der Waals surface area contributed by atoms with Crippen molar-refractivity contribution in [3.05, 3.63) is 0 Å². The molecule has 18 heavy (non-hydrogen) atoms. The predicted molar refractivity (Wildman–Crippen MR) is 69.0 cm³/mol. The molecular weight excluding hydrogens is 228 g/mol. The third-order valence-electron chi connectivity index (χ3n) is 6.51. The van der Waals surface area contributed by atoms with E-state index in [1.807, 2.05) is 0 Å². The van der Waals surface area contributed by atoms with Crippen molar-refractivity contribution in [3.63, 3.8) is 0 Å². The van der Waals surface area contributed by atoms with Gasteiger partial charge in [0.15, 0.2) is 0 Å². The summed E-state index contributed by atoms with van der Waals surface area (Å²) < 4.78 is 5.87. The van der Waals surface area contributed by atoms with E-state index in [9.17, 15) is 10.2 Å². The molecule has 3 heteroatoms. The highest BCUT2D eigenvalue weighted by molar-refractivity contribution is 5.22. The summed E-state index contributed by atoms with van der Waals surface area (Å²) in [6.07, 6.45) is 2.35. The van der Waals surface area contributed by atoms with Crippen LogP contribution in [0.3, 0.4) is 0 Å². The van der Waals surface area contributed by atoms with E-state index in [0.717, 1.165) is 13.0 Å². The third-order valence-corrected chi connectivity index (χ3v) is 6.51. The zero-order valence-electron chi connectivity index (χ0n) is 11.7. The Bertz CT molecular complexity index is 331. The molecule has 0 aromatic carbocycles. The molecule has 1 spiro atoms.